The largest absolute Gasteiger partial charge is 0.308 e. The van der Waals surface area contributed by atoms with E-state index in [4.69, 9.17) is 7.57 Å². The van der Waals surface area contributed by atoms with Crippen LogP contribution in [0.15, 0.2) is 0 Å². The lowest BCUT2D eigenvalue weighted by Crippen LogP contribution is -2.24. The minimum absolute atomic E-state index is 0.322. The lowest BCUT2D eigenvalue weighted by molar-refractivity contribution is 0.719. The molecule has 0 saturated heterocycles. The van der Waals surface area contributed by atoms with Crippen LogP contribution in [0.3, 0.4) is 0 Å². The summed E-state index contributed by atoms with van der Waals surface area (Å²) in [6, 6.07) is 0. The van der Waals surface area contributed by atoms with Crippen LogP contribution in [0.4, 0.5) is 0 Å². The Kier molecular flexibility index (Phi) is 3.00. The van der Waals surface area contributed by atoms with E-state index in [0.29, 0.717) is 10.3 Å². The summed E-state index contributed by atoms with van der Waals surface area (Å²) in [5, 5.41) is 0.645. The first-order valence-electron chi connectivity index (χ1n) is 3.79. The van der Waals surface area contributed by atoms with Crippen molar-refractivity contribution in [3.63, 3.8) is 0 Å². The zero-order valence-electron chi connectivity index (χ0n) is 8.08. The second-order valence-corrected chi connectivity index (χ2v) is 8.74. The highest BCUT2D eigenvalue weighted by Crippen LogP contribution is 2.55. The van der Waals surface area contributed by atoms with Crippen LogP contribution in [-0.2, 0) is 0 Å². The summed E-state index contributed by atoms with van der Waals surface area (Å²) < 4.78 is 0. The lowest BCUT2D eigenvalue weighted by Gasteiger charge is -2.41. The van der Waals surface area contributed by atoms with Crippen LogP contribution in [0.5, 0.6) is 0 Å². The summed E-state index contributed by atoms with van der Waals surface area (Å²) in [7, 11) is 5.41. The minimum Gasteiger partial charge on any atom is -0.308 e. The van der Waals surface area contributed by atoms with Gasteiger partial charge < -0.3 is 7.57 Å². The van der Waals surface area contributed by atoms with E-state index >= 15 is 0 Å². The van der Waals surface area contributed by atoms with Gasteiger partial charge >= 0.3 is 0 Å². The summed E-state index contributed by atoms with van der Waals surface area (Å²) in [6.45, 7) is 13.4. The fourth-order valence-electron chi connectivity index (χ4n) is 1.12. The fourth-order valence-corrected chi connectivity index (χ4v) is 3.38. The highest BCUT2D eigenvalue weighted by Gasteiger charge is 2.27. The molecule has 0 rings (SSSR count). The van der Waals surface area contributed by atoms with Crippen molar-refractivity contribution in [2.24, 2.45) is 0 Å². The minimum atomic E-state index is -0.721. The van der Waals surface area contributed by atoms with Crippen molar-refractivity contribution in [2.75, 3.05) is 0 Å². The molecule has 0 fully saturated rings. The maximum absolute atomic E-state index is 6.13. The van der Waals surface area contributed by atoms with Crippen LogP contribution in [0.1, 0.15) is 41.5 Å². The van der Waals surface area contributed by atoms with Gasteiger partial charge in [-0.05, 0) is 41.5 Å². The second kappa shape index (κ2) is 2.85. The first-order chi connectivity index (χ1) is 4.15. The zero-order valence-corrected chi connectivity index (χ0v) is 9.08. The van der Waals surface area contributed by atoms with E-state index in [1.165, 1.54) is 0 Å². The smallest absolute Gasteiger partial charge is 0.0226 e. The van der Waals surface area contributed by atoms with Gasteiger partial charge in [0.05, 0.1) is 0 Å². The van der Waals surface area contributed by atoms with E-state index in [9.17, 15) is 0 Å². The number of hydrogen-bond donors (Lipinski definition) is 0. The van der Waals surface area contributed by atoms with E-state index < -0.39 is 7.80 Å². The Labute approximate surface area is 67.9 Å². The summed E-state index contributed by atoms with van der Waals surface area (Å²) in [5.74, 6) is 0. The molecule has 0 spiro atoms. The molecule has 0 unspecified atom stereocenters. The maximum atomic E-state index is 6.13. The lowest BCUT2D eigenvalue weighted by atomic mass is 10.2. The molecule has 0 aliphatic rings. The van der Waals surface area contributed by atoms with E-state index in [2.05, 4.69) is 41.5 Å². The maximum Gasteiger partial charge on any atom is 0.0226 e. The quantitative estimate of drug-likeness (QED) is 0.374. The average Bonchev–Trinajstić information content (AvgIpc) is 1.59. The molecule has 2 heteroatoms. The molecule has 0 aliphatic heterocycles. The Morgan fingerprint density at radius 2 is 1.00 bits per heavy atom. The molecule has 0 aromatic rings. The van der Waals surface area contributed by atoms with Crippen molar-refractivity contribution in [2.45, 2.75) is 51.9 Å². The predicted octanol–water partition coefficient (Wildman–Crippen LogP) is 2.88. The van der Waals surface area contributed by atoms with Crippen molar-refractivity contribution in [1.82, 2.24) is 0 Å². The van der Waals surface area contributed by atoms with Crippen LogP contribution in [-0.4, -0.2) is 17.9 Å². The van der Waals surface area contributed by atoms with Crippen LogP contribution >= 0.6 is 7.80 Å². The Bertz CT molecular complexity index is 93.4. The molecule has 0 nitrogen and oxygen atoms in total. The van der Waals surface area contributed by atoms with Crippen molar-refractivity contribution >= 4 is 15.4 Å². The predicted molar refractivity (Wildman–Crippen MR) is 53.6 cm³/mol. The Morgan fingerprint density at radius 1 is 0.800 bits per heavy atom. The van der Waals surface area contributed by atoms with Crippen LogP contribution in [0.2, 0.25) is 0 Å². The Hall–Kier alpha value is 0.495. The Morgan fingerprint density at radius 3 is 1.00 bits per heavy atom. The van der Waals surface area contributed by atoms with Crippen LogP contribution in [0.25, 0.3) is 0 Å². The highest BCUT2D eigenvalue weighted by atomic mass is 31.1. The summed E-state index contributed by atoms with van der Waals surface area (Å²) >= 11 is 0. The van der Waals surface area contributed by atoms with E-state index in [0.717, 1.165) is 0 Å². The third-order valence-electron chi connectivity index (χ3n) is 1.62. The highest BCUT2D eigenvalue weighted by molar-refractivity contribution is 7.84. The fraction of sp³-hybridized carbons (Fsp3) is 1.00. The molecule has 59 valence electrons. The van der Waals surface area contributed by atoms with E-state index in [-0.39, 0.29) is 0 Å². The van der Waals surface area contributed by atoms with Gasteiger partial charge in [0.15, 0.2) is 0 Å². The van der Waals surface area contributed by atoms with Gasteiger partial charge in [-0.2, -0.15) is 0 Å². The van der Waals surface area contributed by atoms with Crippen LogP contribution < -0.4 is 0 Å². The van der Waals surface area contributed by atoms with Gasteiger partial charge in [-0.1, -0.05) is 0 Å². The molecule has 0 atom stereocenters. The molecule has 0 N–H and O–H groups in total. The zero-order chi connectivity index (χ0) is 8.58. The molecule has 0 aromatic heterocycles. The molecule has 0 saturated carbocycles. The molecule has 0 aromatic carbocycles. The Balaban J connectivity index is 4.23. The number of rotatable bonds is 0. The molecule has 10 heavy (non-hydrogen) atoms. The third kappa shape index (κ3) is 3.06. The summed E-state index contributed by atoms with van der Waals surface area (Å²) in [5.41, 5.74) is 0. The van der Waals surface area contributed by atoms with Gasteiger partial charge in [-0.25, -0.2) is 7.80 Å². The van der Waals surface area contributed by atoms with Gasteiger partial charge in [0, 0.05) is 10.3 Å². The van der Waals surface area contributed by atoms with Crippen molar-refractivity contribution in [3.05, 3.63) is 0 Å². The first-order valence-corrected chi connectivity index (χ1v) is 5.37. The SMILES string of the molecule is [B-][PH+](C(C)(C)C)C(C)(C)C. The standard InChI is InChI=1S/C8H19BP/c1-7(2,3)10(9)8(4,5)6/h10H,1-6H3. The van der Waals surface area contributed by atoms with Gasteiger partial charge in [0.25, 0.3) is 0 Å². The molecule has 0 amide bonds. The molecule has 0 heterocycles. The molecular weight excluding hydrogens is 138 g/mol. The first kappa shape index (κ1) is 10.5. The second-order valence-electron chi connectivity index (χ2n) is 4.91. The van der Waals surface area contributed by atoms with Crippen LogP contribution in [0, 0.1) is 0 Å². The molecule has 0 aliphatic carbocycles. The molecule has 0 bridgehead atoms. The van der Waals surface area contributed by atoms with Crippen molar-refractivity contribution in [1.29, 1.82) is 0 Å². The molecular formula is C8H19BP. The van der Waals surface area contributed by atoms with Gasteiger partial charge in [-0.3, -0.25) is 0 Å². The van der Waals surface area contributed by atoms with Crippen molar-refractivity contribution < 1.29 is 0 Å². The number of hydrogen-bond acceptors (Lipinski definition) is 0. The normalized spacial score (nSPS) is 14.4. The third-order valence-corrected chi connectivity index (χ3v) is 4.85. The van der Waals surface area contributed by atoms with Gasteiger partial charge in [0.1, 0.15) is 0 Å². The van der Waals surface area contributed by atoms with E-state index in [1.807, 2.05) is 0 Å². The van der Waals surface area contributed by atoms with Gasteiger partial charge in [0.2, 0.25) is 0 Å². The topological polar surface area (TPSA) is 0 Å². The molecule has 3 radical (unpaired) electrons. The van der Waals surface area contributed by atoms with Crippen molar-refractivity contribution in [3.8, 4) is 0 Å². The summed E-state index contributed by atoms with van der Waals surface area (Å²) in [4.78, 5) is 0. The average molecular weight is 157 g/mol. The van der Waals surface area contributed by atoms with Gasteiger partial charge in [-0.15, -0.1) is 0 Å². The monoisotopic (exact) mass is 157 g/mol. The van der Waals surface area contributed by atoms with E-state index in [1.54, 1.807) is 0 Å². The summed E-state index contributed by atoms with van der Waals surface area (Å²) in [6.07, 6.45) is 0.